The molecule has 2 heterocycles. The van der Waals surface area contributed by atoms with Crippen LogP contribution in [0, 0.1) is 0 Å². The molecule has 0 aliphatic carbocycles. The molecule has 2 aromatic rings. The molecule has 1 aliphatic heterocycles. The molecule has 25 heavy (non-hydrogen) atoms. The molecule has 1 aromatic heterocycles. The molecule has 1 aromatic carbocycles. The van der Waals surface area contributed by atoms with Gasteiger partial charge in [0.2, 0.25) is 5.91 Å². The minimum absolute atomic E-state index is 0.131. The number of fused-ring (bicyclic) bond motifs is 1. The first-order valence-corrected chi connectivity index (χ1v) is 8.05. The highest BCUT2D eigenvalue weighted by Gasteiger charge is 2.30. The van der Waals surface area contributed by atoms with Crippen LogP contribution in [0.3, 0.4) is 0 Å². The number of aliphatic hydroxyl groups excluding tert-OH is 1. The molecule has 1 amide bonds. The number of ether oxygens (including phenoxy) is 2. The molecule has 7 nitrogen and oxygen atoms in total. The van der Waals surface area contributed by atoms with E-state index in [2.05, 4.69) is 5.32 Å². The van der Waals surface area contributed by atoms with Gasteiger partial charge in [-0.1, -0.05) is 0 Å². The van der Waals surface area contributed by atoms with Gasteiger partial charge in [-0.3, -0.25) is 9.69 Å². The molecule has 7 heteroatoms. The Kier molecular flexibility index (Phi) is 5.25. The molecular formula is C18H22N2O5. The molecule has 134 valence electrons. The van der Waals surface area contributed by atoms with E-state index in [0.29, 0.717) is 36.9 Å². The van der Waals surface area contributed by atoms with Crippen molar-refractivity contribution in [2.24, 2.45) is 0 Å². The van der Waals surface area contributed by atoms with Gasteiger partial charge in [-0.05, 0) is 24.3 Å². The first-order valence-electron chi connectivity index (χ1n) is 8.05. The molecule has 0 radical (unpaired) electrons. The summed E-state index contributed by atoms with van der Waals surface area (Å²) in [6, 6.07) is 7.18. The normalized spacial score (nSPS) is 17.0. The van der Waals surface area contributed by atoms with E-state index in [0.717, 1.165) is 11.1 Å². The summed E-state index contributed by atoms with van der Waals surface area (Å²) in [5, 5.41) is 13.3. The first-order chi connectivity index (χ1) is 12.1. The Morgan fingerprint density at radius 3 is 2.76 bits per heavy atom. The van der Waals surface area contributed by atoms with Crippen LogP contribution in [-0.4, -0.2) is 43.2 Å². The van der Waals surface area contributed by atoms with E-state index in [1.807, 2.05) is 11.0 Å². The average Bonchev–Trinajstić information content (AvgIpc) is 3.12. The molecule has 0 fully saturated rings. The van der Waals surface area contributed by atoms with Crippen molar-refractivity contribution >= 4 is 5.91 Å². The number of furan rings is 1. The van der Waals surface area contributed by atoms with E-state index in [1.54, 1.807) is 38.7 Å². The summed E-state index contributed by atoms with van der Waals surface area (Å²) in [4.78, 5) is 14.1. The zero-order valence-corrected chi connectivity index (χ0v) is 14.3. The summed E-state index contributed by atoms with van der Waals surface area (Å²) < 4.78 is 16.0. The van der Waals surface area contributed by atoms with Gasteiger partial charge in [-0.25, -0.2) is 0 Å². The number of nitrogens with one attached hydrogen (secondary N) is 1. The predicted octanol–water partition coefficient (Wildman–Crippen LogP) is 1.46. The molecule has 0 spiro atoms. The zero-order chi connectivity index (χ0) is 17.8. The Labute approximate surface area is 146 Å². The molecule has 2 N–H and O–H groups in total. The number of hydrogen-bond acceptors (Lipinski definition) is 6. The van der Waals surface area contributed by atoms with Crippen molar-refractivity contribution in [3.63, 3.8) is 0 Å². The minimum atomic E-state index is -0.744. The van der Waals surface area contributed by atoms with Gasteiger partial charge in [-0.2, -0.15) is 0 Å². The van der Waals surface area contributed by atoms with Crippen molar-refractivity contribution in [2.75, 3.05) is 27.3 Å². The van der Waals surface area contributed by atoms with Crippen molar-refractivity contribution in [1.29, 1.82) is 0 Å². The lowest BCUT2D eigenvalue weighted by molar-refractivity contribution is -0.123. The van der Waals surface area contributed by atoms with Gasteiger partial charge in [-0.15, -0.1) is 0 Å². The summed E-state index contributed by atoms with van der Waals surface area (Å²) in [6.45, 7) is 1.37. The number of β-amino-alcohol motifs (C(OH)–C–C–N with tert-alkyl or cyclic N) is 1. The Hall–Kier alpha value is -2.51. The maximum Gasteiger partial charge on any atom is 0.234 e. The van der Waals surface area contributed by atoms with Crippen LogP contribution in [0.4, 0.5) is 0 Å². The van der Waals surface area contributed by atoms with Crippen LogP contribution in [-0.2, 0) is 17.9 Å². The smallest absolute Gasteiger partial charge is 0.234 e. The third-order valence-corrected chi connectivity index (χ3v) is 4.27. The Balaban J connectivity index is 1.69. The molecule has 0 saturated heterocycles. The summed E-state index contributed by atoms with van der Waals surface area (Å²) in [7, 11) is 3.16. The molecule has 0 bridgehead atoms. The van der Waals surface area contributed by atoms with E-state index >= 15 is 0 Å². The van der Waals surface area contributed by atoms with Gasteiger partial charge in [0.05, 0.1) is 39.7 Å². The van der Waals surface area contributed by atoms with E-state index < -0.39 is 6.10 Å². The number of carbonyl (C=O) groups excluding carboxylic acids is 1. The second kappa shape index (κ2) is 7.58. The number of benzene rings is 1. The zero-order valence-electron chi connectivity index (χ0n) is 14.3. The van der Waals surface area contributed by atoms with E-state index in [4.69, 9.17) is 13.9 Å². The lowest BCUT2D eigenvalue weighted by Crippen LogP contribution is -2.41. The third-order valence-electron chi connectivity index (χ3n) is 4.27. The third kappa shape index (κ3) is 3.78. The topological polar surface area (TPSA) is 84.2 Å². The molecule has 1 aliphatic rings. The fourth-order valence-corrected chi connectivity index (χ4v) is 3.12. The van der Waals surface area contributed by atoms with Crippen molar-refractivity contribution in [3.8, 4) is 11.5 Å². The maximum atomic E-state index is 12.2. The SMILES string of the molecule is COc1ccc(OC)c2c1CN(CC(=O)NCc1ccco1)CC2O. The number of nitrogens with zero attached hydrogens (tertiary/aromatic N) is 1. The van der Waals surface area contributed by atoms with E-state index in [9.17, 15) is 9.90 Å². The van der Waals surface area contributed by atoms with Gasteiger partial charge in [0.15, 0.2) is 0 Å². The molecule has 0 saturated carbocycles. The lowest BCUT2D eigenvalue weighted by Gasteiger charge is -2.33. The fourth-order valence-electron chi connectivity index (χ4n) is 3.12. The van der Waals surface area contributed by atoms with Crippen molar-refractivity contribution < 1.29 is 23.8 Å². The molecular weight excluding hydrogens is 324 g/mol. The quantitative estimate of drug-likeness (QED) is 0.824. The number of methoxy groups -OCH3 is 2. The van der Waals surface area contributed by atoms with Crippen LogP contribution in [0.2, 0.25) is 0 Å². The summed E-state index contributed by atoms with van der Waals surface area (Å²) in [5.74, 6) is 1.87. The van der Waals surface area contributed by atoms with Crippen molar-refractivity contribution in [2.45, 2.75) is 19.2 Å². The van der Waals surface area contributed by atoms with Crippen LogP contribution in [0.15, 0.2) is 34.9 Å². The average molecular weight is 346 g/mol. The second-order valence-electron chi connectivity index (χ2n) is 5.90. The predicted molar refractivity (Wildman–Crippen MR) is 90.3 cm³/mol. The Morgan fingerprint density at radius 2 is 2.08 bits per heavy atom. The first kappa shape index (κ1) is 17.3. The number of amides is 1. The van der Waals surface area contributed by atoms with Crippen LogP contribution in [0.25, 0.3) is 0 Å². The highest BCUT2D eigenvalue weighted by Crippen LogP contribution is 2.39. The Morgan fingerprint density at radius 1 is 1.32 bits per heavy atom. The van der Waals surface area contributed by atoms with Gasteiger partial charge < -0.3 is 24.3 Å². The molecule has 3 rings (SSSR count). The monoisotopic (exact) mass is 346 g/mol. The minimum Gasteiger partial charge on any atom is -0.496 e. The van der Waals surface area contributed by atoms with Crippen LogP contribution in [0.5, 0.6) is 11.5 Å². The van der Waals surface area contributed by atoms with Gasteiger partial charge >= 0.3 is 0 Å². The number of rotatable bonds is 6. The van der Waals surface area contributed by atoms with Crippen molar-refractivity contribution in [3.05, 3.63) is 47.4 Å². The highest BCUT2D eigenvalue weighted by molar-refractivity contribution is 5.78. The second-order valence-corrected chi connectivity index (χ2v) is 5.90. The molecule has 1 unspecified atom stereocenters. The van der Waals surface area contributed by atoms with E-state index in [-0.39, 0.29) is 12.5 Å². The molecule has 1 atom stereocenters. The summed E-state index contributed by atoms with van der Waals surface area (Å²) >= 11 is 0. The number of hydrogen-bond donors (Lipinski definition) is 2. The van der Waals surface area contributed by atoms with Crippen LogP contribution >= 0.6 is 0 Å². The Bertz CT molecular complexity index is 729. The van der Waals surface area contributed by atoms with Gasteiger partial charge in [0.25, 0.3) is 0 Å². The van der Waals surface area contributed by atoms with Gasteiger partial charge in [0.1, 0.15) is 17.3 Å². The summed E-state index contributed by atoms with van der Waals surface area (Å²) in [5.41, 5.74) is 1.58. The highest BCUT2D eigenvalue weighted by atomic mass is 16.5. The van der Waals surface area contributed by atoms with Crippen LogP contribution < -0.4 is 14.8 Å². The van der Waals surface area contributed by atoms with E-state index in [1.165, 1.54) is 0 Å². The van der Waals surface area contributed by atoms with Gasteiger partial charge in [0, 0.05) is 24.2 Å². The standard InChI is InChI=1S/C18H22N2O5/c1-23-15-5-6-16(24-2)18-13(15)9-20(10-14(18)21)11-17(22)19-8-12-4-3-7-25-12/h3-7,14,21H,8-11H2,1-2H3,(H,19,22). The number of carbonyl (C=O) groups is 1. The summed E-state index contributed by atoms with van der Waals surface area (Å²) in [6.07, 6.45) is 0.825. The number of aliphatic hydroxyl groups is 1. The van der Waals surface area contributed by atoms with Crippen LogP contribution in [0.1, 0.15) is 23.0 Å². The fraction of sp³-hybridized carbons (Fsp3) is 0.389. The largest absolute Gasteiger partial charge is 0.496 e. The maximum absolute atomic E-state index is 12.2. The lowest BCUT2D eigenvalue weighted by atomic mass is 9.95. The van der Waals surface area contributed by atoms with Crippen molar-refractivity contribution in [1.82, 2.24) is 10.2 Å².